The van der Waals surface area contributed by atoms with E-state index in [4.69, 9.17) is 16.5 Å². The van der Waals surface area contributed by atoms with Gasteiger partial charge in [-0.05, 0) is 12.5 Å². The maximum Gasteiger partial charge on any atom is 0.402 e. The minimum atomic E-state index is -1.33. The highest BCUT2D eigenvalue weighted by atomic mass is 16.4. The fourth-order valence-corrected chi connectivity index (χ4v) is 0.689. The number of nitrogens with two attached hydrogens (primary N) is 1. The molecule has 4 heteroatoms. The van der Waals surface area contributed by atoms with Crippen molar-refractivity contribution in [3.05, 3.63) is 41.2 Å². The van der Waals surface area contributed by atoms with E-state index in [1.165, 1.54) is 0 Å². The van der Waals surface area contributed by atoms with Crippen LogP contribution in [0, 0.1) is 13.5 Å². The van der Waals surface area contributed by atoms with Crippen LogP contribution in [0.2, 0.25) is 0 Å². The van der Waals surface area contributed by atoms with Crippen LogP contribution in [0.3, 0.4) is 0 Å². The second-order valence-corrected chi connectivity index (χ2v) is 2.24. The Balaban J connectivity index is 0.000000310. The molecule has 1 aromatic rings. The Kier molecular flexibility index (Phi) is 4.74. The highest BCUT2D eigenvalue weighted by molar-refractivity contribution is 5.61. The first-order valence-electron chi connectivity index (χ1n) is 3.49. The molecule has 0 saturated heterocycles. The van der Waals surface area contributed by atoms with E-state index in [0.717, 1.165) is 11.3 Å². The average molecular weight is 178 g/mol. The van der Waals surface area contributed by atoms with Crippen LogP contribution in [-0.2, 0) is 0 Å². The van der Waals surface area contributed by atoms with Gasteiger partial charge in [0, 0.05) is 0 Å². The van der Waals surface area contributed by atoms with Crippen LogP contribution in [0.4, 0.5) is 10.5 Å². The van der Waals surface area contributed by atoms with Gasteiger partial charge >= 0.3 is 6.09 Å². The Bertz CT molecular complexity index is 325. The van der Waals surface area contributed by atoms with Crippen molar-refractivity contribution in [3.8, 4) is 0 Å². The van der Waals surface area contributed by atoms with E-state index in [-0.39, 0.29) is 0 Å². The lowest BCUT2D eigenvalue weighted by Gasteiger charge is -1.91. The molecule has 0 bridgehead atoms. The van der Waals surface area contributed by atoms with Gasteiger partial charge in [-0.1, -0.05) is 24.3 Å². The van der Waals surface area contributed by atoms with Crippen LogP contribution in [0.5, 0.6) is 0 Å². The van der Waals surface area contributed by atoms with E-state index in [9.17, 15) is 0 Å². The molecule has 0 fully saturated rings. The molecule has 0 saturated carbocycles. The van der Waals surface area contributed by atoms with E-state index in [1.807, 2.05) is 31.2 Å². The van der Waals surface area contributed by atoms with Crippen LogP contribution >= 0.6 is 0 Å². The van der Waals surface area contributed by atoms with Crippen molar-refractivity contribution < 1.29 is 9.90 Å². The predicted molar refractivity (Wildman–Crippen MR) is 49.7 cm³/mol. The second kappa shape index (κ2) is 5.61. The third kappa shape index (κ3) is 5.27. The number of para-hydroxylation sites is 1. The summed E-state index contributed by atoms with van der Waals surface area (Å²) in [5.74, 6) is 0. The smallest absolute Gasteiger partial charge is 0.402 e. The maximum absolute atomic E-state index is 8.78. The van der Waals surface area contributed by atoms with Gasteiger partial charge in [0.15, 0.2) is 5.69 Å². The number of amides is 1. The average Bonchev–Trinajstić information content (AvgIpc) is 2.04. The van der Waals surface area contributed by atoms with Crippen molar-refractivity contribution in [1.29, 1.82) is 0 Å². The fourth-order valence-electron chi connectivity index (χ4n) is 0.689. The zero-order valence-corrected chi connectivity index (χ0v) is 7.19. The SMILES string of the molecule is NC(=O)O.[C-]#[N+]c1ccccc1C. The molecule has 4 nitrogen and oxygen atoms in total. The van der Waals surface area contributed by atoms with Crippen molar-refractivity contribution in [2.45, 2.75) is 6.92 Å². The quantitative estimate of drug-likeness (QED) is 0.598. The molecular weight excluding hydrogens is 168 g/mol. The van der Waals surface area contributed by atoms with E-state index < -0.39 is 6.09 Å². The summed E-state index contributed by atoms with van der Waals surface area (Å²) >= 11 is 0. The van der Waals surface area contributed by atoms with Gasteiger partial charge < -0.3 is 10.8 Å². The van der Waals surface area contributed by atoms with Gasteiger partial charge in [-0.15, -0.1) is 0 Å². The van der Waals surface area contributed by atoms with Gasteiger partial charge in [0.05, 0.1) is 6.57 Å². The molecule has 0 atom stereocenters. The number of carbonyl (C=O) groups is 1. The Labute approximate surface area is 76.4 Å². The first-order chi connectivity index (χ1) is 6.07. The summed E-state index contributed by atoms with van der Waals surface area (Å²) in [4.78, 5) is 12.1. The minimum absolute atomic E-state index is 0.748. The number of rotatable bonds is 0. The van der Waals surface area contributed by atoms with Crippen LogP contribution in [-0.4, -0.2) is 11.2 Å². The van der Waals surface area contributed by atoms with E-state index >= 15 is 0 Å². The fraction of sp³-hybridized carbons (Fsp3) is 0.111. The Morgan fingerprint density at radius 1 is 1.54 bits per heavy atom. The molecule has 0 aliphatic carbocycles. The summed E-state index contributed by atoms with van der Waals surface area (Å²) in [5.41, 5.74) is 5.82. The molecule has 68 valence electrons. The first-order valence-corrected chi connectivity index (χ1v) is 3.49. The van der Waals surface area contributed by atoms with Gasteiger partial charge in [0.1, 0.15) is 0 Å². The third-order valence-electron chi connectivity index (χ3n) is 1.24. The van der Waals surface area contributed by atoms with Crippen LogP contribution < -0.4 is 5.73 Å². The number of primary amides is 1. The molecule has 0 heterocycles. The standard InChI is InChI=1S/C8H7N.CH3NO2/c1-7-5-3-4-6-8(7)9-2;2-1(3)4/h3-6H,1H3;2H2,(H,3,4). The van der Waals surface area contributed by atoms with Crippen LogP contribution in [0.25, 0.3) is 4.85 Å². The Morgan fingerprint density at radius 3 is 2.31 bits per heavy atom. The number of aryl methyl sites for hydroxylation is 1. The summed E-state index contributed by atoms with van der Waals surface area (Å²) in [5, 5.41) is 7.19. The highest BCUT2D eigenvalue weighted by Gasteiger charge is 1.90. The first kappa shape index (κ1) is 11.0. The number of nitrogens with zero attached hydrogens (tertiary/aromatic N) is 1. The lowest BCUT2D eigenvalue weighted by Crippen LogP contribution is -2.03. The summed E-state index contributed by atoms with van der Waals surface area (Å²) in [7, 11) is 0. The molecule has 13 heavy (non-hydrogen) atoms. The van der Waals surface area contributed by atoms with Gasteiger partial charge in [0.2, 0.25) is 0 Å². The van der Waals surface area contributed by atoms with E-state index in [1.54, 1.807) is 0 Å². The molecule has 0 aliphatic rings. The maximum atomic E-state index is 8.78. The third-order valence-corrected chi connectivity index (χ3v) is 1.24. The molecule has 3 N–H and O–H groups in total. The second-order valence-electron chi connectivity index (χ2n) is 2.24. The summed E-state index contributed by atoms with van der Waals surface area (Å²) in [6.07, 6.45) is -1.33. The van der Waals surface area contributed by atoms with E-state index in [2.05, 4.69) is 10.6 Å². The van der Waals surface area contributed by atoms with Crippen molar-refractivity contribution in [1.82, 2.24) is 0 Å². The molecule has 0 unspecified atom stereocenters. The zero-order chi connectivity index (χ0) is 10.3. The molecule has 0 radical (unpaired) electrons. The van der Waals surface area contributed by atoms with Gasteiger partial charge in [0.25, 0.3) is 0 Å². The zero-order valence-electron chi connectivity index (χ0n) is 7.19. The summed E-state index contributed by atoms with van der Waals surface area (Å²) < 4.78 is 0. The van der Waals surface area contributed by atoms with Crippen molar-refractivity contribution >= 4 is 11.8 Å². The molecule has 1 amide bonds. The number of hydrogen-bond donors (Lipinski definition) is 2. The Hall–Kier alpha value is -2.02. The largest absolute Gasteiger partial charge is 0.465 e. The number of hydrogen-bond acceptors (Lipinski definition) is 1. The minimum Gasteiger partial charge on any atom is -0.465 e. The molecule has 1 aromatic carbocycles. The Morgan fingerprint density at radius 2 is 2.00 bits per heavy atom. The highest BCUT2D eigenvalue weighted by Crippen LogP contribution is 2.15. The van der Waals surface area contributed by atoms with Crippen molar-refractivity contribution in [2.75, 3.05) is 0 Å². The normalized spacial score (nSPS) is 7.69. The number of carboxylic acid groups (broad SMARTS) is 1. The van der Waals surface area contributed by atoms with Gasteiger partial charge in [-0.3, -0.25) is 0 Å². The molecule has 0 aliphatic heterocycles. The number of benzene rings is 1. The van der Waals surface area contributed by atoms with Crippen molar-refractivity contribution in [3.63, 3.8) is 0 Å². The topological polar surface area (TPSA) is 67.7 Å². The van der Waals surface area contributed by atoms with Crippen molar-refractivity contribution in [2.24, 2.45) is 5.73 Å². The van der Waals surface area contributed by atoms with Crippen LogP contribution in [0.1, 0.15) is 5.56 Å². The molecular formula is C9H10N2O2. The van der Waals surface area contributed by atoms with E-state index in [0.29, 0.717) is 0 Å². The lowest BCUT2D eigenvalue weighted by molar-refractivity contribution is 0.205. The predicted octanol–water partition coefficient (Wildman–Crippen LogP) is 2.17. The van der Waals surface area contributed by atoms with Gasteiger partial charge in [-0.2, -0.15) is 0 Å². The lowest BCUT2D eigenvalue weighted by atomic mass is 10.2. The summed E-state index contributed by atoms with van der Waals surface area (Å²) in [6, 6.07) is 7.57. The molecule has 0 aromatic heterocycles. The molecule has 0 spiro atoms. The monoisotopic (exact) mass is 178 g/mol. The van der Waals surface area contributed by atoms with Gasteiger partial charge in [-0.25, -0.2) is 9.64 Å². The summed E-state index contributed by atoms with van der Waals surface area (Å²) in [6.45, 7) is 8.65. The van der Waals surface area contributed by atoms with Crippen LogP contribution in [0.15, 0.2) is 24.3 Å². The molecule has 1 rings (SSSR count).